The van der Waals surface area contributed by atoms with Gasteiger partial charge in [0.05, 0.1) is 26.0 Å². The third-order valence-corrected chi connectivity index (χ3v) is 6.74. The smallest absolute Gasteiger partial charge is 0.246 e. The van der Waals surface area contributed by atoms with Gasteiger partial charge in [-0.1, -0.05) is 5.16 Å². The van der Waals surface area contributed by atoms with Gasteiger partial charge in [0.2, 0.25) is 15.9 Å². The van der Waals surface area contributed by atoms with Crippen LogP contribution in [-0.4, -0.2) is 57.2 Å². The number of carbonyl (C=O) groups is 1. The minimum atomic E-state index is -3.77. The highest BCUT2D eigenvalue weighted by molar-refractivity contribution is 7.89. The molecule has 0 saturated carbocycles. The zero-order valence-corrected chi connectivity index (χ0v) is 17.5. The lowest BCUT2D eigenvalue weighted by Gasteiger charge is -2.26. The number of nitrogens with one attached hydrogen (secondary N) is 1. The first-order valence-electron chi connectivity index (χ1n) is 9.30. The van der Waals surface area contributed by atoms with Crippen molar-refractivity contribution in [1.29, 1.82) is 0 Å². The predicted molar refractivity (Wildman–Crippen MR) is 105 cm³/mol. The van der Waals surface area contributed by atoms with E-state index >= 15 is 0 Å². The van der Waals surface area contributed by atoms with Crippen LogP contribution in [0, 0.1) is 13.8 Å². The lowest BCUT2D eigenvalue weighted by atomic mass is 10.1. The molecule has 0 aliphatic carbocycles. The molecule has 3 rings (SSSR count). The second-order valence-electron chi connectivity index (χ2n) is 6.73. The first-order valence-corrected chi connectivity index (χ1v) is 10.7. The summed E-state index contributed by atoms with van der Waals surface area (Å²) in [4.78, 5) is 12.4. The Hall–Kier alpha value is -2.43. The predicted octanol–water partition coefficient (Wildman–Crippen LogP) is 1.89. The molecule has 1 aromatic heterocycles. The number of aromatic nitrogens is 1. The Bertz CT molecular complexity index is 960. The highest BCUT2D eigenvalue weighted by Crippen LogP contribution is 2.30. The number of aryl methyl sites for hydroxylation is 2. The van der Waals surface area contributed by atoms with Crippen LogP contribution >= 0.6 is 0 Å². The Morgan fingerprint density at radius 2 is 2.00 bits per heavy atom. The summed E-state index contributed by atoms with van der Waals surface area (Å²) in [6.07, 6.45) is 0.711. The quantitative estimate of drug-likeness (QED) is 0.724. The number of nitrogens with zero attached hydrogens (tertiary/aromatic N) is 2. The number of methoxy groups -OCH3 is 1. The van der Waals surface area contributed by atoms with Crippen molar-refractivity contribution in [2.75, 3.05) is 38.7 Å². The summed E-state index contributed by atoms with van der Waals surface area (Å²) < 4.78 is 43.0. The van der Waals surface area contributed by atoms with Crippen LogP contribution in [0.15, 0.2) is 27.6 Å². The molecular formula is C19H25N3O6S. The number of amides is 1. The normalized spacial score (nSPS) is 15.3. The van der Waals surface area contributed by atoms with Crippen molar-refractivity contribution in [3.05, 3.63) is 35.2 Å². The molecule has 0 spiro atoms. The number of ether oxygens (including phenoxy) is 2. The molecule has 1 saturated heterocycles. The van der Waals surface area contributed by atoms with Gasteiger partial charge in [-0.25, -0.2) is 8.42 Å². The van der Waals surface area contributed by atoms with E-state index in [1.807, 2.05) is 6.92 Å². The second kappa shape index (κ2) is 8.93. The molecule has 10 heteroatoms. The number of hydrogen-bond acceptors (Lipinski definition) is 7. The summed E-state index contributed by atoms with van der Waals surface area (Å²) in [6, 6.07) is 4.58. The van der Waals surface area contributed by atoms with Gasteiger partial charge >= 0.3 is 0 Å². The Labute approximate surface area is 170 Å². The van der Waals surface area contributed by atoms with Gasteiger partial charge in [0.25, 0.3) is 0 Å². The van der Waals surface area contributed by atoms with Gasteiger partial charge in [0.1, 0.15) is 16.4 Å². The van der Waals surface area contributed by atoms with E-state index in [0.717, 1.165) is 11.3 Å². The van der Waals surface area contributed by atoms with Crippen molar-refractivity contribution < 1.29 is 27.2 Å². The second-order valence-corrected chi connectivity index (χ2v) is 8.64. The molecule has 158 valence electrons. The Balaban J connectivity index is 1.75. The van der Waals surface area contributed by atoms with Gasteiger partial charge in [-0.15, -0.1) is 0 Å². The van der Waals surface area contributed by atoms with Crippen molar-refractivity contribution in [3.63, 3.8) is 0 Å². The van der Waals surface area contributed by atoms with Gasteiger partial charge in [-0.2, -0.15) is 4.31 Å². The molecule has 0 atom stereocenters. The van der Waals surface area contributed by atoms with Crippen molar-refractivity contribution >= 4 is 21.6 Å². The van der Waals surface area contributed by atoms with E-state index in [1.54, 1.807) is 13.0 Å². The van der Waals surface area contributed by atoms with Crippen LogP contribution in [0.3, 0.4) is 0 Å². The van der Waals surface area contributed by atoms with Gasteiger partial charge in [0.15, 0.2) is 0 Å². The number of morpholine rings is 1. The molecule has 1 aliphatic heterocycles. The molecule has 1 aliphatic rings. The molecule has 2 heterocycles. The molecule has 9 nitrogen and oxygen atoms in total. The molecule has 29 heavy (non-hydrogen) atoms. The van der Waals surface area contributed by atoms with Crippen LogP contribution in [0.4, 0.5) is 5.69 Å². The van der Waals surface area contributed by atoms with Crippen molar-refractivity contribution in [2.45, 2.75) is 31.6 Å². The largest absolute Gasteiger partial charge is 0.495 e. The van der Waals surface area contributed by atoms with Gasteiger partial charge < -0.3 is 19.3 Å². The monoisotopic (exact) mass is 423 g/mol. The van der Waals surface area contributed by atoms with Crippen LogP contribution in [0.1, 0.15) is 23.4 Å². The number of benzene rings is 1. The van der Waals surface area contributed by atoms with Gasteiger partial charge in [-0.3, -0.25) is 4.79 Å². The van der Waals surface area contributed by atoms with E-state index in [-0.39, 0.29) is 36.1 Å². The van der Waals surface area contributed by atoms with E-state index in [1.165, 1.54) is 23.5 Å². The average Bonchev–Trinajstić information content (AvgIpc) is 3.04. The van der Waals surface area contributed by atoms with Gasteiger partial charge in [0, 0.05) is 30.8 Å². The van der Waals surface area contributed by atoms with E-state index in [0.29, 0.717) is 31.1 Å². The maximum atomic E-state index is 13.0. The summed E-state index contributed by atoms with van der Waals surface area (Å²) in [5.74, 6) is 0.689. The third kappa shape index (κ3) is 4.77. The molecule has 0 unspecified atom stereocenters. The molecule has 2 aromatic rings. The third-order valence-electron chi connectivity index (χ3n) is 4.82. The van der Waals surface area contributed by atoms with Crippen molar-refractivity contribution in [1.82, 2.24) is 9.46 Å². The molecular weight excluding hydrogens is 398 g/mol. The number of sulfonamides is 1. The zero-order chi connectivity index (χ0) is 21.0. The maximum absolute atomic E-state index is 13.0. The molecule has 1 amide bonds. The van der Waals surface area contributed by atoms with Crippen LogP contribution < -0.4 is 10.1 Å². The van der Waals surface area contributed by atoms with Crippen LogP contribution in [0.5, 0.6) is 5.75 Å². The summed E-state index contributed by atoms with van der Waals surface area (Å²) in [5.41, 5.74) is 2.06. The Morgan fingerprint density at radius 1 is 1.28 bits per heavy atom. The van der Waals surface area contributed by atoms with E-state index in [9.17, 15) is 13.2 Å². The zero-order valence-electron chi connectivity index (χ0n) is 16.7. The lowest BCUT2D eigenvalue weighted by molar-refractivity contribution is -0.116. The Kier molecular flexibility index (Phi) is 6.56. The molecule has 1 fully saturated rings. The fourth-order valence-electron chi connectivity index (χ4n) is 3.20. The fourth-order valence-corrected chi connectivity index (χ4v) is 4.79. The summed E-state index contributed by atoms with van der Waals surface area (Å²) in [5, 5.41) is 6.64. The first-order chi connectivity index (χ1) is 13.8. The lowest BCUT2D eigenvalue weighted by Crippen LogP contribution is -2.40. The van der Waals surface area contributed by atoms with E-state index in [4.69, 9.17) is 14.0 Å². The van der Waals surface area contributed by atoms with Crippen LogP contribution in [-0.2, 0) is 26.0 Å². The summed E-state index contributed by atoms with van der Waals surface area (Å²) in [7, 11) is -2.35. The molecule has 1 N–H and O–H groups in total. The van der Waals surface area contributed by atoms with Crippen LogP contribution in [0.25, 0.3) is 0 Å². The van der Waals surface area contributed by atoms with Crippen LogP contribution in [0.2, 0.25) is 0 Å². The summed E-state index contributed by atoms with van der Waals surface area (Å²) >= 11 is 0. The summed E-state index contributed by atoms with van der Waals surface area (Å²) in [6.45, 7) is 4.88. The SMILES string of the molecule is COc1ccc(NC(=O)CCc2c(C)noc2C)cc1S(=O)(=O)N1CCOCC1. The number of carbonyl (C=O) groups excluding carboxylic acids is 1. The number of anilines is 1. The van der Waals surface area contributed by atoms with Crippen molar-refractivity contribution in [3.8, 4) is 5.75 Å². The van der Waals surface area contributed by atoms with Crippen molar-refractivity contribution in [2.24, 2.45) is 0 Å². The highest BCUT2D eigenvalue weighted by atomic mass is 32.2. The number of hydrogen-bond donors (Lipinski definition) is 1. The number of rotatable bonds is 7. The molecule has 0 bridgehead atoms. The molecule has 1 aromatic carbocycles. The fraction of sp³-hybridized carbons (Fsp3) is 0.474. The topological polar surface area (TPSA) is 111 Å². The standard InChI is InChI=1S/C19H25N3O6S/c1-13-16(14(2)28-21-13)5-7-19(23)20-15-4-6-17(26-3)18(12-15)29(24,25)22-8-10-27-11-9-22/h4,6,12H,5,7-11H2,1-3H3,(H,20,23). The minimum absolute atomic E-state index is 0.0189. The average molecular weight is 423 g/mol. The Morgan fingerprint density at radius 3 is 2.62 bits per heavy atom. The van der Waals surface area contributed by atoms with E-state index in [2.05, 4.69) is 10.5 Å². The highest BCUT2D eigenvalue weighted by Gasteiger charge is 2.29. The minimum Gasteiger partial charge on any atom is -0.495 e. The molecule has 0 radical (unpaired) electrons. The maximum Gasteiger partial charge on any atom is 0.246 e. The first kappa shape index (κ1) is 21.3. The van der Waals surface area contributed by atoms with E-state index < -0.39 is 10.0 Å². The van der Waals surface area contributed by atoms with Gasteiger partial charge in [-0.05, 0) is 38.5 Å².